The van der Waals surface area contributed by atoms with Crippen molar-refractivity contribution in [2.24, 2.45) is 0 Å². The van der Waals surface area contributed by atoms with Gasteiger partial charge in [0.05, 0.1) is 16.7 Å². The molecule has 0 bridgehead atoms. The molecule has 3 rings (SSSR count). The molecule has 0 aliphatic carbocycles. The van der Waals surface area contributed by atoms with E-state index in [4.69, 9.17) is 12.2 Å². The van der Waals surface area contributed by atoms with Crippen LogP contribution >= 0.6 is 12.2 Å². The number of para-hydroxylation sites is 2. The molecule has 19 heavy (non-hydrogen) atoms. The molecule has 0 saturated heterocycles. The van der Waals surface area contributed by atoms with Gasteiger partial charge in [-0.2, -0.15) is 0 Å². The monoisotopic (exact) mass is 268 g/mol. The number of fused-ring (bicyclic) bond motifs is 1. The maximum Gasteiger partial charge on any atom is 0.182 e. The number of H-pyrrole nitrogens is 1. The lowest BCUT2D eigenvalue weighted by molar-refractivity contribution is 1.03. The normalized spacial score (nSPS) is 11.1. The molecule has 3 heteroatoms. The quantitative estimate of drug-likeness (QED) is 0.639. The fraction of sp³-hybridized carbons (Fsp3) is 0.188. The van der Waals surface area contributed by atoms with Gasteiger partial charge in [-0.05, 0) is 56.2 Å². The summed E-state index contributed by atoms with van der Waals surface area (Å²) in [6.45, 7) is 6.40. The highest BCUT2D eigenvalue weighted by Gasteiger charge is 2.11. The van der Waals surface area contributed by atoms with Crippen LogP contribution in [-0.4, -0.2) is 9.55 Å². The van der Waals surface area contributed by atoms with Crippen LogP contribution < -0.4 is 0 Å². The van der Waals surface area contributed by atoms with Crippen molar-refractivity contribution in [1.82, 2.24) is 9.55 Å². The third-order valence-electron chi connectivity index (χ3n) is 3.45. The fourth-order valence-corrected chi connectivity index (χ4v) is 3.10. The van der Waals surface area contributed by atoms with Crippen molar-refractivity contribution in [2.45, 2.75) is 20.8 Å². The van der Waals surface area contributed by atoms with Gasteiger partial charge in [0.15, 0.2) is 4.77 Å². The van der Waals surface area contributed by atoms with Crippen LogP contribution in [-0.2, 0) is 0 Å². The maximum atomic E-state index is 5.49. The Bertz CT molecular complexity index is 801. The summed E-state index contributed by atoms with van der Waals surface area (Å²) in [4.78, 5) is 3.27. The molecule has 0 atom stereocenters. The van der Waals surface area contributed by atoms with E-state index in [0.717, 1.165) is 15.8 Å². The van der Waals surface area contributed by atoms with Crippen molar-refractivity contribution in [1.29, 1.82) is 0 Å². The Labute approximate surface area is 117 Å². The van der Waals surface area contributed by atoms with Gasteiger partial charge in [-0.1, -0.05) is 29.8 Å². The van der Waals surface area contributed by atoms with Gasteiger partial charge in [0.25, 0.3) is 0 Å². The van der Waals surface area contributed by atoms with E-state index in [0.29, 0.717) is 0 Å². The first-order valence-corrected chi connectivity index (χ1v) is 6.77. The Morgan fingerprint density at radius 2 is 1.63 bits per heavy atom. The molecule has 0 radical (unpaired) electrons. The second-order valence-corrected chi connectivity index (χ2v) is 5.42. The third-order valence-corrected chi connectivity index (χ3v) is 3.73. The molecule has 96 valence electrons. The van der Waals surface area contributed by atoms with Gasteiger partial charge in [0.1, 0.15) is 0 Å². The van der Waals surface area contributed by atoms with E-state index in [1.807, 2.05) is 12.1 Å². The van der Waals surface area contributed by atoms with Crippen molar-refractivity contribution in [2.75, 3.05) is 0 Å². The molecule has 2 aromatic carbocycles. The smallest absolute Gasteiger partial charge is 0.182 e. The summed E-state index contributed by atoms with van der Waals surface area (Å²) in [5, 5.41) is 0. The Hall–Kier alpha value is -1.87. The molecule has 1 N–H and O–H groups in total. The summed E-state index contributed by atoms with van der Waals surface area (Å²) >= 11 is 5.49. The number of hydrogen-bond donors (Lipinski definition) is 1. The summed E-state index contributed by atoms with van der Waals surface area (Å²) in [5.41, 5.74) is 7.17. The van der Waals surface area contributed by atoms with Gasteiger partial charge in [0.2, 0.25) is 0 Å². The van der Waals surface area contributed by atoms with Crippen molar-refractivity contribution < 1.29 is 0 Å². The summed E-state index contributed by atoms with van der Waals surface area (Å²) in [7, 11) is 0. The summed E-state index contributed by atoms with van der Waals surface area (Å²) < 4.78 is 2.88. The molecule has 0 aliphatic rings. The number of aromatic nitrogens is 2. The minimum Gasteiger partial charge on any atom is -0.330 e. The van der Waals surface area contributed by atoms with Gasteiger partial charge < -0.3 is 4.98 Å². The number of rotatable bonds is 1. The van der Waals surface area contributed by atoms with Crippen molar-refractivity contribution >= 4 is 23.3 Å². The fourth-order valence-electron chi connectivity index (χ4n) is 2.80. The Morgan fingerprint density at radius 1 is 1.00 bits per heavy atom. The first-order valence-electron chi connectivity index (χ1n) is 6.36. The van der Waals surface area contributed by atoms with Gasteiger partial charge in [-0.15, -0.1) is 0 Å². The van der Waals surface area contributed by atoms with Crippen LogP contribution in [0.3, 0.4) is 0 Å². The molecule has 1 aromatic heterocycles. The predicted molar refractivity (Wildman–Crippen MR) is 82.7 cm³/mol. The number of nitrogens with one attached hydrogen (secondary N) is 1. The highest BCUT2D eigenvalue weighted by Crippen LogP contribution is 2.25. The minimum atomic E-state index is 0.747. The van der Waals surface area contributed by atoms with Crippen LogP contribution in [0.5, 0.6) is 0 Å². The Morgan fingerprint density at radius 3 is 2.32 bits per heavy atom. The van der Waals surface area contributed by atoms with Crippen LogP contribution in [0, 0.1) is 25.5 Å². The number of benzene rings is 2. The molecule has 0 fully saturated rings. The molecule has 1 heterocycles. The summed E-state index contributed by atoms with van der Waals surface area (Å²) in [6, 6.07) is 12.6. The number of imidazole rings is 1. The SMILES string of the molecule is Cc1cc(C)c(-n2c(=S)[nH]c3ccccc32)c(C)c1. The molecule has 0 amide bonds. The first-order chi connectivity index (χ1) is 9.08. The second-order valence-electron chi connectivity index (χ2n) is 5.03. The third kappa shape index (κ3) is 1.90. The summed E-state index contributed by atoms with van der Waals surface area (Å²) in [5.74, 6) is 0. The maximum absolute atomic E-state index is 5.49. The highest BCUT2D eigenvalue weighted by atomic mass is 32.1. The van der Waals surface area contributed by atoms with Gasteiger partial charge >= 0.3 is 0 Å². The average Bonchev–Trinajstić information content (AvgIpc) is 2.65. The topological polar surface area (TPSA) is 20.7 Å². The van der Waals surface area contributed by atoms with E-state index in [-0.39, 0.29) is 0 Å². The second kappa shape index (κ2) is 4.35. The largest absolute Gasteiger partial charge is 0.330 e. The predicted octanol–water partition coefficient (Wildman–Crippen LogP) is 4.61. The minimum absolute atomic E-state index is 0.747. The highest BCUT2D eigenvalue weighted by molar-refractivity contribution is 7.71. The molecule has 0 unspecified atom stereocenters. The van der Waals surface area contributed by atoms with Gasteiger partial charge in [-0.3, -0.25) is 4.57 Å². The standard InChI is InChI=1S/C16H16N2S/c1-10-8-11(2)15(12(3)9-10)18-14-7-5-4-6-13(14)17-16(18)19/h4-9H,1-3H3,(H,17,19). The summed E-state index contributed by atoms with van der Waals surface area (Å²) in [6.07, 6.45) is 0. The van der Waals surface area contributed by atoms with Crippen LogP contribution in [0.2, 0.25) is 0 Å². The lowest BCUT2D eigenvalue weighted by atomic mass is 10.0. The molecular formula is C16H16N2S. The van der Waals surface area contributed by atoms with E-state index in [9.17, 15) is 0 Å². The molecule has 3 aromatic rings. The van der Waals surface area contributed by atoms with Crippen molar-refractivity contribution in [3.63, 3.8) is 0 Å². The molecular weight excluding hydrogens is 252 g/mol. The lowest BCUT2D eigenvalue weighted by Gasteiger charge is -2.13. The Balaban J connectivity index is 2.43. The lowest BCUT2D eigenvalue weighted by Crippen LogP contribution is -2.01. The van der Waals surface area contributed by atoms with E-state index >= 15 is 0 Å². The van der Waals surface area contributed by atoms with E-state index in [2.05, 4.69) is 54.6 Å². The molecule has 2 nitrogen and oxygen atoms in total. The van der Waals surface area contributed by atoms with E-state index < -0.39 is 0 Å². The number of aromatic amines is 1. The zero-order valence-corrected chi connectivity index (χ0v) is 12.1. The zero-order chi connectivity index (χ0) is 13.6. The molecule has 0 saturated carbocycles. The molecule has 0 aliphatic heterocycles. The van der Waals surface area contributed by atoms with Gasteiger partial charge in [-0.25, -0.2) is 0 Å². The number of aryl methyl sites for hydroxylation is 3. The average molecular weight is 268 g/mol. The number of hydrogen-bond acceptors (Lipinski definition) is 1. The van der Waals surface area contributed by atoms with Crippen LogP contribution in [0.4, 0.5) is 0 Å². The van der Waals surface area contributed by atoms with Crippen LogP contribution in [0.25, 0.3) is 16.7 Å². The van der Waals surface area contributed by atoms with Crippen LogP contribution in [0.15, 0.2) is 36.4 Å². The van der Waals surface area contributed by atoms with E-state index in [1.54, 1.807) is 0 Å². The van der Waals surface area contributed by atoms with E-state index in [1.165, 1.54) is 22.4 Å². The van der Waals surface area contributed by atoms with Crippen LogP contribution in [0.1, 0.15) is 16.7 Å². The van der Waals surface area contributed by atoms with Gasteiger partial charge in [0, 0.05) is 0 Å². The number of nitrogens with zero attached hydrogens (tertiary/aromatic N) is 1. The first kappa shape index (κ1) is 12.2. The van der Waals surface area contributed by atoms with Crippen molar-refractivity contribution in [3.8, 4) is 5.69 Å². The molecule has 0 spiro atoms. The zero-order valence-electron chi connectivity index (χ0n) is 11.3. The van der Waals surface area contributed by atoms with Crippen molar-refractivity contribution in [3.05, 3.63) is 57.9 Å². The Kier molecular flexibility index (Phi) is 2.79.